The molecule has 0 saturated carbocycles. The van der Waals surface area contributed by atoms with Crippen LogP contribution in [0.4, 0.5) is 0 Å². The number of amides is 1. The Morgan fingerprint density at radius 2 is 1.84 bits per heavy atom. The fourth-order valence-electron chi connectivity index (χ4n) is 2.39. The van der Waals surface area contributed by atoms with Crippen LogP contribution in [0.3, 0.4) is 0 Å². The first-order valence-corrected chi connectivity index (χ1v) is 7.45. The van der Waals surface area contributed by atoms with Gasteiger partial charge in [0.1, 0.15) is 0 Å². The first-order chi connectivity index (χ1) is 8.50. The van der Waals surface area contributed by atoms with E-state index in [1.54, 1.807) is 18.2 Å². The van der Waals surface area contributed by atoms with Crippen molar-refractivity contribution in [1.82, 2.24) is 5.32 Å². The quantitative estimate of drug-likeness (QED) is 0.815. The number of carbonyl (C=O) groups excluding carboxylic acids is 1. The minimum atomic E-state index is -0.255. The molecule has 2 nitrogen and oxygen atoms in total. The van der Waals surface area contributed by atoms with Gasteiger partial charge >= 0.3 is 0 Å². The van der Waals surface area contributed by atoms with Crippen LogP contribution in [-0.4, -0.2) is 11.4 Å². The first-order valence-electron chi connectivity index (χ1n) is 6.28. The number of hydrogen-bond donors (Lipinski definition) is 1. The zero-order valence-corrected chi connectivity index (χ0v) is 14.4. The molecule has 1 N–H and O–H groups in total. The molecule has 0 aromatic heterocycles. The summed E-state index contributed by atoms with van der Waals surface area (Å²) in [5.74, 6) is -0.0938. The molecule has 0 spiro atoms. The molecule has 0 aliphatic heterocycles. The van der Waals surface area contributed by atoms with Crippen molar-refractivity contribution in [3.63, 3.8) is 0 Å². The van der Waals surface area contributed by atoms with Gasteiger partial charge in [0.05, 0.1) is 5.02 Å². The van der Waals surface area contributed by atoms with E-state index in [9.17, 15) is 4.79 Å². The summed E-state index contributed by atoms with van der Waals surface area (Å²) in [6.45, 7) is 10.6. The molecule has 4 heteroatoms. The molecule has 1 amide bonds. The molecule has 1 aromatic carbocycles. The van der Waals surface area contributed by atoms with E-state index in [4.69, 9.17) is 11.6 Å². The maximum absolute atomic E-state index is 12.2. The Hall–Kier alpha value is -0.540. The number of carbonyl (C=O) groups is 1. The van der Waals surface area contributed by atoms with Gasteiger partial charge in [-0.25, -0.2) is 0 Å². The fraction of sp³-hybridized carbons (Fsp3) is 0.533. The third kappa shape index (κ3) is 5.53. The van der Waals surface area contributed by atoms with Gasteiger partial charge in [-0.15, -0.1) is 0 Å². The van der Waals surface area contributed by atoms with Gasteiger partial charge in [0.15, 0.2) is 0 Å². The lowest BCUT2D eigenvalue weighted by Crippen LogP contribution is -2.45. The zero-order chi connectivity index (χ0) is 14.8. The summed E-state index contributed by atoms with van der Waals surface area (Å²) in [7, 11) is 0. The summed E-state index contributed by atoms with van der Waals surface area (Å²) in [6.07, 6.45) is 0.899. The van der Waals surface area contributed by atoms with Crippen molar-refractivity contribution >= 4 is 33.4 Å². The largest absolute Gasteiger partial charge is 0.347 e. The Morgan fingerprint density at radius 1 is 1.26 bits per heavy atom. The van der Waals surface area contributed by atoms with Gasteiger partial charge in [0.2, 0.25) is 0 Å². The molecule has 1 aromatic rings. The molecule has 0 heterocycles. The standard InChI is InChI=1S/C15H21BrClNO/c1-14(2,3)9-15(4,5)18-13(19)10-6-7-11(16)12(17)8-10/h6-8H,9H2,1-5H3,(H,18,19). The second kappa shape index (κ2) is 5.84. The van der Waals surface area contributed by atoms with Gasteiger partial charge in [-0.1, -0.05) is 32.4 Å². The van der Waals surface area contributed by atoms with Gasteiger partial charge in [-0.05, 0) is 59.8 Å². The fourth-order valence-corrected chi connectivity index (χ4v) is 2.81. The lowest BCUT2D eigenvalue weighted by molar-refractivity contribution is 0.0891. The Kier molecular flexibility index (Phi) is 5.08. The van der Waals surface area contributed by atoms with Crippen LogP contribution in [0.25, 0.3) is 0 Å². The SMILES string of the molecule is CC(C)(C)CC(C)(C)NC(=O)c1ccc(Br)c(Cl)c1. The van der Waals surface area contributed by atoms with E-state index in [0.29, 0.717) is 10.6 Å². The van der Waals surface area contributed by atoms with Crippen LogP contribution in [0, 0.1) is 5.41 Å². The third-order valence-corrected chi connectivity index (χ3v) is 3.84. The average molecular weight is 347 g/mol. The average Bonchev–Trinajstić information content (AvgIpc) is 2.17. The molecule has 1 rings (SSSR count). The lowest BCUT2D eigenvalue weighted by atomic mass is 9.81. The highest BCUT2D eigenvalue weighted by Crippen LogP contribution is 2.28. The summed E-state index contributed by atoms with van der Waals surface area (Å²) in [5, 5.41) is 3.61. The van der Waals surface area contributed by atoms with Gasteiger partial charge in [-0.3, -0.25) is 4.79 Å². The maximum Gasteiger partial charge on any atom is 0.251 e. The molecule has 0 aliphatic rings. The molecule has 0 radical (unpaired) electrons. The molecule has 19 heavy (non-hydrogen) atoms. The minimum Gasteiger partial charge on any atom is -0.347 e. The molecule has 0 bridgehead atoms. The van der Waals surface area contributed by atoms with E-state index in [1.807, 2.05) is 13.8 Å². The summed E-state index contributed by atoms with van der Waals surface area (Å²) < 4.78 is 0.791. The van der Waals surface area contributed by atoms with E-state index >= 15 is 0 Å². The molecular weight excluding hydrogens is 326 g/mol. The highest BCUT2D eigenvalue weighted by molar-refractivity contribution is 9.10. The van der Waals surface area contributed by atoms with E-state index in [1.165, 1.54) is 0 Å². The van der Waals surface area contributed by atoms with E-state index in [0.717, 1.165) is 10.9 Å². The van der Waals surface area contributed by atoms with E-state index in [2.05, 4.69) is 42.0 Å². The molecule has 0 unspecified atom stereocenters. The Labute approximate surface area is 129 Å². The highest BCUT2D eigenvalue weighted by Gasteiger charge is 2.27. The number of halogens is 2. The van der Waals surface area contributed by atoms with Crippen molar-refractivity contribution in [2.24, 2.45) is 5.41 Å². The molecule has 0 atom stereocenters. The summed E-state index contributed by atoms with van der Waals surface area (Å²) in [4.78, 5) is 12.2. The van der Waals surface area contributed by atoms with Crippen LogP contribution in [-0.2, 0) is 0 Å². The predicted molar refractivity (Wildman–Crippen MR) is 84.8 cm³/mol. The third-order valence-electron chi connectivity index (χ3n) is 2.61. The summed E-state index contributed by atoms with van der Waals surface area (Å²) in [6, 6.07) is 5.22. The van der Waals surface area contributed by atoms with Crippen LogP contribution < -0.4 is 5.32 Å². The molecule has 106 valence electrons. The van der Waals surface area contributed by atoms with Crippen molar-refractivity contribution in [3.8, 4) is 0 Å². The van der Waals surface area contributed by atoms with Crippen molar-refractivity contribution in [2.75, 3.05) is 0 Å². The second-order valence-electron chi connectivity index (χ2n) is 6.70. The Balaban J connectivity index is 2.81. The normalized spacial score (nSPS) is 12.4. The number of rotatable bonds is 3. The maximum atomic E-state index is 12.2. The lowest BCUT2D eigenvalue weighted by Gasteiger charge is -2.33. The van der Waals surface area contributed by atoms with Gasteiger partial charge < -0.3 is 5.32 Å². The van der Waals surface area contributed by atoms with Crippen molar-refractivity contribution in [1.29, 1.82) is 0 Å². The van der Waals surface area contributed by atoms with Crippen molar-refractivity contribution < 1.29 is 4.79 Å². The summed E-state index contributed by atoms with van der Waals surface area (Å²) >= 11 is 9.32. The number of nitrogens with one attached hydrogen (secondary N) is 1. The number of hydrogen-bond acceptors (Lipinski definition) is 1. The molecular formula is C15H21BrClNO. The van der Waals surface area contributed by atoms with E-state index < -0.39 is 0 Å². The van der Waals surface area contributed by atoms with Crippen molar-refractivity contribution in [3.05, 3.63) is 33.3 Å². The van der Waals surface area contributed by atoms with Crippen LogP contribution in [0.2, 0.25) is 5.02 Å². The van der Waals surface area contributed by atoms with Gasteiger partial charge in [0.25, 0.3) is 5.91 Å². The van der Waals surface area contributed by atoms with Gasteiger partial charge in [-0.2, -0.15) is 0 Å². The minimum absolute atomic E-state index is 0.0938. The van der Waals surface area contributed by atoms with Crippen LogP contribution in [0.1, 0.15) is 51.4 Å². The second-order valence-corrected chi connectivity index (χ2v) is 7.97. The van der Waals surface area contributed by atoms with E-state index in [-0.39, 0.29) is 16.9 Å². The predicted octanol–water partition coefficient (Wildman–Crippen LogP) is 5.05. The smallest absolute Gasteiger partial charge is 0.251 e. The topological polar surface area (TPSA) is 29.1 Å². The Bertz CT molecular complexity index is 478. The van der Waals surface area contributed by atoms with Crippen LogP contribution in [0.5, 0.6) is 0 Å². The monoisotopic (exact) mass is 345 g/mol. The first kappa shape index (κ1) is 16.5. The molecule has 0 aliphatic carbocycles. The highest BCUT2D eigenvalue weighted by atomic mass is 79.9. The van der Waals surface area contributed by atoms with Crippen molar-refractivity contribution in [2.45, 2.75) is 46.6 Å². The van der Waals surface area contributed by atoms with Crippen LogP contribution >= 0.6 is 27.5 Å². The number of benzene rings is 1. The summed E-state index contributed by atoms with van der Waals surface area (Å²) in [5.41, 5.74) is 0.485. The molecule has 0 saturated heterocycles. The van der Waals surface area contributed by atoms with Crippen LogP contribution in [0.15, 0.2) is 22.7 Å². The zero-order valence-electron chi connectivity index (χ0n) is 12.1. The molecule has 0 fully saturated rings. The Morgan fingerprint density at radius 3 is 2.32 bits per heavy atom. The van der Waals surface area contributed by atoms with Gasteiger partial charge in [0, 0.05) is 15.6 Å².